The lowest BCUT2D eigenvalue weighted by Crippen LogP contribution is -2.03. The van der Waals surface area contributed by atoms with E-state index < -0.39 is 0 Å². The van der Waals surface area contributed by atoms with Crippen LogP contribution in [0.3, 0.4) is 0 Å². The molecule has 96 valence electrons. The maximum absolute atomic E-state index is 5.75. The fraction of sp³-hybridized carbons (Fsp3) is 0.364. The third-order valence-electron chi connectivity index (χ3n) is 1.99. The van der Waals surface area contributed by atoms with Gasteiger partial charge in [-0.05, 0) is 25.6 Å². The van der Waals surface area contributed by atoms with Crippen molar-refractivity contribution in [2.24, 2.45) is 0 Å². The molecule has 18 heavy (non-hydrogen) atoms. The van der Waals surface area contributed by atoms with Gasteiger partial charge in [-0.1, -0.05) is 0 Å². The topological polar surface area (TPSA) is 73.9 Å². The summed E-state index contributed by atoms with van der Waals surface area (Å²) in [5.74, 6) is 1.06. The normalized spacial score (nSPS) is 10.8. The third kappa shape index (κ3) is 3.66. The van der Waals surface area contributed by atoms with Crippen molar-refractivity contribution in [3.63, 3.8) is 0 Å². The summed E-state index contributed by atoms with van der Waals surface area (Å²) in [6.45, 7) is 4.91. The zero-order chi connectivity index (χ0) is 13.0. The van der Waals surface area contributed by atoms with Gasteiger partial charge in [0.1, 0.15) is 17.5 Å². The van der Waals surface area contributed by atoms with Crippen molar-refractivity contribution in [2.45, 2.75) is 29.8 Å². The fourth-order valence-electron chi connectivity index (χ4n) is 1.27. The molecule has 7 heteroatoms. The summed E-state index contributed by atoms with van der Waals surface area (Å²) in [4.78, 5) is 12.9. The summed E-state index contributed by atoms with van der Waals surface area (Å²) in [5, 5.41) is 2.81. The molecule has 0 saturated heterocycles. The first-order chi connectivity index (χ1) is 8.67. The largest absolute Gasteiger partial charge is 0.384 e. The Morgan fingerprint density at radius 2 is 2.22 bits per heavy atom. The molecule has 0 spiro atoms. The minimum absolute atomic E-state index is 0.381. The number of nitrogens with two attached hydrogens (primary N) is 1. The van der Waals surface area contributed by atoms with Gasteiger partial charge in [0.15, 0.2) is 10.2 Å². The van der Waals surface area contributed by atoms with Crippen LogP contribution in [-0.4, -0.2) is 21.6 Å². The van der Waals surface area contributed by atoms with Gasteiger partial charge in [-0.15, -0.1) is 11.3 Å². The Balaban J connectivity index is 2.14. The van der Waals surface area contributed by atoms with Gasteiger partial charge in [-0.3, -0.25) is 0 Å². The molecule has 0 saturated carbocycles. The van der Waals surface area contributed by atoms with Crippen molar-refractivity contribution in [1.82, 2.24) is 15.0 Å². The molecule has 0 bridgehead atoms. The van der Waals surface area contributed by atoms with Crippen LogP contribution in [0.15, 0.2) is 20.8 Å². The van der Waals surface area contributed by atoms with Crippen LogP contribution < -0.4 is 5.73 Å². The third-order valence-corrected chi connectivity index (χ3v) is 3.97. The van der Waals surface area contributed by atoms with E-state index in [1.54, 1.807) is 17.4 Å². The number of nitrogens with zero attached hydrogens (tertiary/aromatic N) is 3. The number of nitrogen functional groups attached to an aromatic ring is 1. The second kappa shape index (κ2) is 6.12. The number of ether oxygens (including phenoxy) is 1. The van der Waals surface area contributed by atoms with Crippen molar-refractivity contribution in [3.8, 4) is 0 Å². The van der Waals surface area contributed by atoms with Gasteiger partial charge in [-0.2, -0.15) is 0 Å². The summed E-state index contributed by atoms with van der Waals surface area (Å²) in [6.07, 6.45) is 0. The highest BCUT2D eigenvalue weighted by Crippen LogP contribution is 2.29. The van der Waals surface area contributed by atoms with Gasteiger partial charge in [0.05, 0.1) is 0 Å². The van der Waals surface area contributed by atoms with Gasteiger partial charge in [0.2, 0.25) is 0 Å². The van der Waals surface area contributed by atoms with Crippen molar-refractivity contribution in [3.05, 3.63) is 23.0 Å². The number of hydrogen-bond acceptors (Lipinski definition) is 7. The van der Waals surface area contributed by atoms with Crippen LogP contribution in [0.1, 0.15) is 18.4 Å². The average molecular weight is 282 g/mol. The molecule has 0 aliphatic heterocycles. The summed E-state index contributed by atoms with van der Waals surface area (Å²) in [6, 6.07) is 1.75. The predicted octanol–water partition coefficient (Wildman–Crippen LogP) is 2.51. The Labute approximate surface area is 114 Å². The summed E-state index contributed by atoms with van der Waals surface area (Å²) < 4.78 is 6.23. The van der Waals surface area contributed by atoms with Crippen LogP contribution in [-0.2, 0) is 11.3 Å². The standard InChI is InChI=1S/C11H14N4OS2/c1-3-16-5-9-14-8(12)4-10(15-9)18-11-13-7(2)6-17-11/h4,6H,3,5H2,1-2H3,(H2,12,14,15). The van der Waals surface area contributed by atoms with E-state index in [-0.39, 0.29) is 0 Å². The number of aromatic nitrogens is 3. The van der Waals surface area contributed by atoms with Crippen LogP contribution >= 0.6 is 23.1 Å². The van der Waals surface area contributed by atoms with E-state index in [9.17, 15) is 0 Å². The number of rotatable bonds is 5. The highest BCUT2D eigenvalue weighted by Gasteiger charge is 2.07. The van der Waals surface area contributed by atoms with Crippen molar-refractivity contribution < 1.29 is 4.74 Å². The molecule has 5 nitrogen and oxygen atoms in total. The molecule has 0 atom stereocenters. The van der Waals surface area contributed by atoms with Crippen molar-refractivity contribution in [1.29, 1.82) is 0 Å². The lowest BCUT2D eigenvalue weighted by Gasteiger charge is -2.04. The lowest BCUT2D eigenvalue weighted by molar-refractivity contribution is 0.128. The minimum atomic E-state index is 0.381. The van der Waals surface area contributed by atoms with Crippen molar-refractivity contribution in [2.75, 3.05) is 12.3 Å². The monoisotopic (exact) mass is 282 g/mol. The molecule has 0 aromatic carbocycles. The number of anilines is 1. The fourth-order valence-corrected chi connectivity index (χ4v) is 3.08. The zero-order valence-electron chi connectivity index (χ0n) is 10.2. The molecule has 0 fully saturated rings. The molecule has 0 aliphatic rings. The molecular weight excluding hydrogens is 268 g/mol. The quantitative estimate of drug-likeness (QED) is 0.849. The Morgan fingerprint density at radius 3 is 2.89 bits per heavy atom. The molecule has 0 radical (unpaired) electrons. The second-order valence-corrected chi connectivity index (χ2v) is 5.67. The molecule has 0 aliphatic carbocycles. The number of thiazole rings is 1. The van der Waals surface area contributed by atoms with Gasteiger partial charge in [-0.25, -0.2) is 15.0 Å². The summed E-state index contributed by atoms with van der Waals surface area (Å²) in [7, 11) is 0. The Morgan fingerprint density at radius 1 is 1.39 bits per heavy atom. The van der Waals surface area contributed by atoms with E-state index in [4.69, 9.17) is 10.5 Å². The zero-order valence-corrected chi connectivity index (χ0v) is 11.8. The average Bonchev–Trinajstić information content (AvgIpc) is 2.71. The SMILES string of the molecule is CCOCc1nc(N)cc(Sc2nc(C)cs2)n1. The van der Waals surface area contributed by atoms with E-state index in [1.807, 2.05) is 19.2 Å². The summed E-state index contributed by atoms with van der Waals surface area (Å²) >= 11 is 3.08. The maximum Gasteiger partial charge on any atom is 0.157 e. The van der Waals surface area contributed by atoms with Crippen LogP contribution in [0.25, 0.3) is 0 Å². The predicted molar refractivity (Wildman–Crippen MR) is 72.7 cm³/mol. The first-order valence-corrected chi connectivity index (χ1v) is 7.18. The van der Waals surface area contributed by atoms with Crippen LogP contribution in [0.2, 0.25) is 0 Å². The molecule has 2 N–H and O–H groups in total. The van der Waals surface area contributed by atoms with Gasteiger partial charge in [0, 0.05) is 23.7 Å². The molecule has 2 aromatic heterocycles. The highest BCUT2D eigenvalue weighted by molar-refractivity contribution is 8.01. The first-order valence-electron chi connectivity index (χ1n) is 5.48. The molecule has 0 amide bonds. The van der Waals surface area contributed by atoms with Crippen molar-refractivity contribution >= 4 is 28.9 Å². The van der Waals surface area contributed by atoms with Crippen LogP contribution in [0.4, 0.5) is 5.82 Å². The Bertz CT molecular complexity index is 530. The van der Waals surface area contributed by atoms with Gasteiger partial charge < -0.3 is 10.5 Å². The van der Waals surface area contributed by atoms with E-state index in [2.05, 4.69) is 15.0 Å². The Hall–Kier alpha value is -1.18. The van der Waals surface area contributed by atoms with Crippen LogP contribution in [0.5, 0.6) is 0 Å². The Kier molecular flexibility index (Phi) is 4.51. The van der Waals surface area contributed by atoms with Gasteiger partial charge in [0.25, 0.3) is 0 Å². The minimum Gasteiger partial charge on any atom is -0.384 e. The van der Waals surface area contributed by atoms with E-state index >= 15 is 0 Å². The number of hydrogen-bond donors (Lipinski definition) is 1. The molecule has 2 aromatic rings. The lowest BCUT2D eigenvalue weighted by atomic mass is 10.5. The van der Waals surface area contributed by atoms with E-state index in [0.29, 0.717) is 24.9 Å². The molecule has 2 heterocycles. The molecule has 2 rings (SSSR count). The summed E-state index contributed by atoms with van der Waals surface area (Å²) in [5.41, 5.74) is 6.77. The van der Waals surface area contributed by atoms with Gasteiger partial charge >= 0.3 is 0 Å². The van der Waals surface area contributed by atoms with E-state index in [1.165, 1.54) is 11.8 Å². The maximum atomic E-state index is 5.75. The second-order valence-electron chi connectivity index (χ2n) is 3.54. The highest BCUT2D eigenvalue weighted by atomic mass is 32.2. The first kappa shape index (κ1) is 13.3. The van der Waals surface area contributed by atoms with E-state index in [0.717, 1.165) is 15.1 Å². The molecule has 0 unspecified atom stereocenters. The smallest absolute Gasteiger partial charge is 0.157 e. The molecular formula is C11H14N4OS2. The van der Waals surface area contributed by atoms with Crippen LogP contribution in [0, 0.1) is 6.92 Å². The number of aryl methyl sites for hydroxylation is 1.